The minimum Gasteiger partial charge on any atom is -0.594 e. The Balaban J connectivity index is 2.12. The molecule has 2 aromatic heterocycles. The second-order valence-corrected chi connectivity index (χ2v) is 5.04. The number of para-hydroxylation sites is 2. The Kier molecular flexibility index (Phi) is 2.55. The third-order valence-corrected chi connectivity index (χ3v) is 3.74. The summed E-state index contributed by atoms with van der Waals surface area (Å²) in [4.78, 5) is 0.618. The van der Waals surface area contributed by atoms with Gasteiger partial charge in [-0.25, -0.2) is 4.52 Å². The number of hydrogen-bond donors (Lipinski definition) is 0. The monoisotopic (exact) mass is 296 g/mol. The highest BCUT2D eigenvalue weighted by molar-refractivity contribution is 6.33. The summed E-state index contributed by atoms with van der Waals surface area (Å²) in [6.45, 7) is 0. The Morgan fingerprint density at radius 1 is 1.00 bits per heavy atom. The molecule has 0 unspecified atom stereocenters. The highest BCUT2D eigenvalue weighted by Gasteiger charge is 2.17. The van der Waals surface area contributed by atoms with Crippen LogP contribution in [0.15, 0.2) is 54.7 Å². The van der Waals surface area contributed by atoms with Gasteiger partial charge in [0.15, 0.2) is 0 Å². The molecule has 0 amide bonds. The Bertz CT molecular complexity index is 980. The summed E-state index contributed by atoms with van der Waals surface area (Å²) in [6.07, 6.45) is 1.68. The molecular weight excluding hydrogens is 288 g/mol. The first-order valence-electron chi connectivity index (χ1n) is 6.37. The van der Waals surface area contributed by atoms with Crippen LogP contribution in [0.5, 0.6) is 0 Å². The lowest BCUT2D eigenvalue weighted by atomic mass is 10.1. The molecular formula is C15H9ClN4O. The van der Waals surface area contributed by atoms with Gasteiger partial charge in [0.25, 0.3) is 5.52 Å². The Hall–Kier alpha value is -2.66. The second kappa shape index (κ2) is 4.43. The average molecular weight is 297 g/mol. The summed E-state index contributed by atoms with van der Waals surface area (Å²) in [5.74, 6) is 0. The van der Waals surface area contributed by atoms with Crippen LogP contribution < -0.4 is 4.85 Å². The van der Waals surface area contributed by atoms with Gasteiger partial charge in [-0.1, -0.05) is 41.9 Å². The van der Waals surface area contributed by atoms with Crippen LogP contribution in [0.3, 0.4) is 0 Å². The predicted octanol–water partition coefficient (Wildman–Crippen LogP) is 2.84. The fourth-order valence-corrected chi connectivity index (χ4v) is 2.67. The van der Waals surface area contributed by atoms with Crippen molar-refractivity contribution in [3.63, 3.8) is 0 Å². The number of nitrogens with zero attached hydrogens (tertiary/aromatic N) is 4. The summed E-state index contributed by atoms with van der Waals surface area (Å²) < 4.78 is 1.66. The lowest BCUT2D eigenvalue weighted by Crippen LogP contribution is -2.33. The number of hydrogen-bond acceptors (Lipinski definition) is 3. The fourth-order valence-electron chi connectivity index (χ4n) is 2.43. The SMILES string of the molecule is [O-][n+]1nc2c(-c3ccccc3Cl)cnn2c2ccccc21. The van der Waals surface area contributed by atoms with Crippen molar-refractivity contribution in [1.29, 1.82) is 0 Å². The Labute approximate surface area is 124 Å². The van der Waals surface area contributed by atoms with Crippen LogP contribution in [0, 0.1) is 5.21 Å². The van der Waals surface area contributed by atoms with E-state index in [4.69, 9.17) is 11.6 Å². The van der Waals surface area contributed by atoms with Crippen molar-refractivity contribution in [3.8, 4) is 11.1 Å². The molecule has 2 heterocycles. The highest BCUT2D eigenvalue weighted by Crippen LogP contribution is 2.30. The van der Waals surface area contributed by atoms with Gasteiger partial charge in [-0.15, -0.1) is 0 Å². The number of benzene rings is 2. The van der Waals surface area contributed by atoms with Crippen molar-refractivity contribution in [2.45, 2.75) is 0 Å². The van der Waals surface area contributed by atoms with Crippen LogP contribution >= 0.6 is 11.6 Å². The zero-order chi connectivity index (χ0) is 14.4. The van der Waals surface area contributed by atoms with E-state index in [1.807, 2.05) is 30.3 Å². The van der Waals surface area contributed by atoms with E-state index in [2.05, 4.69) is 10.2 Å². The van der Waals surface area contributed by atoms with Gasteiger partial charge in [0.05, 0.1) is 11.8 Å². The topological polar surface area (TPSA) is 57.1 Å². The molecule has 6 heteroatoms. The first-order valence-corrected chi connectivity index (χ1v) is 6.75. The van der Waals surface area contributed by atoms with Crippen molar-refractivity contribution in [2.75, 3.05) is 0 Å². The molecule has 5 nitrogen and oxygen atoms in total. The molecule has 0 aliphatic carbocycles. The van der Waals surface area contributed by atoms with Crippen LogP contribution in [0.1, 0.15) is 0 Å². The van der Waals surface area contributed by atoms with Gasteiger partial charge in [0, 0.05) is 21.8 Å². The van der Waals surface area contributed by atoms with Crippen molar-refractivity contribution in [2.24, 2.45) is 0 Å². The maximum absolute atomic E-state index is 12.1. The summed E-state index contributed by atoms with van der Waals surface area (Å²) >= 11 is 6.22. The lowest BCUT2D eigenvalue weighted by Gasteiger charge is -2.03. The maximum atomic E-state index is 12.1. The van der Waals surface area contributed by atoms with Crippen molar-refractivity contribution >= 4 is 28.3 Å². The molecule has 21 heavy (non-hydrogen) atoms. The molecule has 0 spiro atoms. The third kappa shape index (κ3) is 1.75. The largest absolute Gasteiger partial charge is 0.594 e. The van der Waals surface area contributed by atoms with Gasteiger partial charge in [-0.05, 0) is 17.0 Å². The lowest BCUT2D eigenvalue weighted by molar-refractivity contribution is -0.640. The molecule has 4 rings (SSSR count). The van der Waals surface area contributed by atoms with Crippen molar-refractivity contribution < 1.29 is 4.85 Å². The van der Waals surface area contributed by atoms with Gasteiger partial charge in [-0.3, -0.25) is 0 Å². The molecule has 0 radical (unpaired) electrons. The van der Waals surface area contributed by atoms with E-state index in [1.165, 1.54) is 0 Å². The summed E-state index contributed by atoms with van der Waals surface area (Å²) in [5, 5.41) is 21.1. The van der Waals surface area contributed by atoms with E-state index < -0.39 is 0 Å². The van der Waals surface area contributed by atoms with E-state index in [1.54, 1.807) is 28.9 Å². The normalized spacial score (nSPS) is 11.3. The van der Waals surface area contributed by atoms with Crippen LogP contribution in [-0.4, -0.2) is 14.7 Å². The zero-order valence-corrected chi connectivity index (χ0v) is 11.5. The van der Waals surface area contributed by atoms with E-state index in [0.717, 1.165) is 11.1 Å². The number of halogens is 1. The van der Waals surface area contributed by atoms with Crippen LogP contribution in [0.25, 0.3) is 27.8 Å². The number of aromatic nitrogens is 4. The molecule has 0 saturated carbocycles. The van der Waals surface area contributed by atoms with Crippen molar-refractivity contribution in [3.05, 3.63) is 65.0 Å². The molecule has 4 aromatic rings. The van der Waals surface area contributed by atoms with E-state index in [-0.39, 0.29) is 0 Å². The molecule has 0 saturated heterocycles. The predicted molar refractivity (Wildman–Crippen MR) is 79.9 cm³/mol. The first kappa shape index (κ1) is 12.1. The molecule has 0 aliphatic heterocycles. The molecule has 102 valence electrons. The standard InChI is InChI=1S/C15H9ClN4O/c16-12-6-2-1-5-10(12)11-9-17-19-13-7-3-4-8-14(13)20(21)18-15(11)19/h1-9H. The third-order valence-electron chi connectivity index (χ3n) is 3.41. The quantitative estimate of drug-likeness (QED) is 0.401. The van der Waals surface area contributed by atoms with Gasteiger partial charge >= 0.3 is 0 Å². The summed E-state index contributed by atoms with van der Waals surface area (Å²) in [7, 11) is 0. The fraction of sp³-hybridized carbons (Fsp3) is 0. The second-order valence-electron chi connectivity index (χ2n) is 4.64. The van der Waals surface area contributed by atoms with Gasteiger partial charge < -0.3 is 5.21 Å². The van der Waals surface area contributed by atoms with Crippen LogP contribution in [-0.2, 0) is 0 Å². The van der Waals surface area contributed by atoms with E-state index >= 15 is 0 Å². The van der Waals surface area contributed by atoms with Gasteiger partial charge in [-0.2, -0.15) is 5.10 Å². The molecule has 0 atom stereocenters. The summed E-state index contributed by atoms with van der Waals surface area (Å²) in [6, 6.07) is 14.6. The zero-order valence-electron chi connectivity index (χ0n) is 10.8. The Morgan fingerprint density at radius 3 is 2.62 bits per heavy atom. The van der Waals surface area contributed by atoms with Crippen LogP contribution in [0.4, 0.5) is 0 Å². The van der Waals surface area contributed by atoms with Gasteiger partial charge in [0.1, 0.15) is 5.52 Å². The average Bonchev–Trinajstić information content (AvgIpc) is 2.92. The first-order chi connectivity index (χ1) is 10.3. The van der Waals surface area contributed by atoms with E-state index in [9.17, 15) is 5.21 Å². The number of fused-ring (bicyclic) bond motifs is 3. The molecule has 0 N–H and O–H groups in total. The van der Waals surface area contributed by atoms with Crippen LogP contribution in [0.2, 0.25) is 5.02 Å². The smallest absolute Gasteiger partial charge is 0.270 e. The molecule has 2 aromatic carbocycles. The summed E-state index contributed by atoms with van der Waals surface area (Å²) in [5.41, 5.74) is 3.19. The molecule has 0 bridgehead atoms. The number of rotatable bonds is 1. The van der Waals surface area contributed by atoms with Gasteiger partial charge in [0.2, 0.25) is 5.65 Å². The molecule has 0 aliphatic rings. The Morgan fingerprint density at radius 2 is 1.76 bits per heavy atom. The molecule has 0 fully saturated rings. The van der Waals surface area contributed by atoms with E-state index in [0.29, 0.717) is 26.5 Å². The minimum atomic E-state index is 0.471. The maximum Gasteiger partial charge on any atom is 0.270 e. The van der Waals surface area contributed by atoms with Crippen molar-refractivity contribution in [1.82, 2.24) is 14.7 Å². The minimum absolute atomic E-state index is 0.471. The highest BCUT2D eigenvalue weighted by atomic mass is 35.5.